The van der Waals surface area contributed by atoms with Crippen molar-refractivity contribution in [1.82, 2.24) is 9.97 Å². The lowest BCUT2D eigenvalue weighted by molar-refractivity contribution is 0.609. The molecule has 94 valence electrons. The molecule has 1 atom stereocenters. The monoisotopic (exact) mass is 246 g/mol. The summed E-state index contributed by atoms with van der Waals surface area (Å²) in [5.74, 6) is 0.0371. The molecule has 1 aromatic heterocycles. The van der Waals surface area contributed by atoms with Crippen molar-refractivity contribution in [2.24, 2.45) is 0 Å². The van der Waals surface area contributed by atoms with Gasteiger partial charge in [-0.05, 0) is 24.6 Å². The molecule has 0 spiro atoms. The molecular formula is C13H15FN4. The molecule has 0 saturated heterocycles. The second kappa shape index (κ2) is 5.00. The first-order valence-corrected chi connectivity index (χ1v) is 5.64. The summed E-state index contributed by atoms with van der Waals surface area (Å²) in [6.45, 7) is 2.02. The highest BCUT2D eigenvalue weighted by Crippen LogP contribution is 2.23. The fourth-order valence-corrected chi connectivity index (χ4v) is 1.70. The van der Waals surface area contributed by atoms with Crippen LogP contribution in [0.25, 0.3) is 0 Å². The zero-order chi connectivity index (χ0) is 13.1. The quantitative estimate of drug-likeness (QED) is 0.845. The Hall–Kier alpha value is -2.17. The first-order valence-electron chi connectivity index (χ1n) is 5.64. The zero-order valence-corrected chi connectivity index (χ0v) is 10.3. The smallest absolute Gasteiger partial charge is 0.225 e. The number of hydrogen-bond donors (Lipinski definition) is 1. The van der Waals surface area contributed by atoms with Gasteiger partial charge < -0.3 is 10.6 Å². The maximum Gasteiger partial charge on any atom is 0.225 e. The van der Waals surface area contributed by atoms with E-state index in [1.54, 1.807) is 0 Å². The van der Waals surface area contributed by atoms with E-state index in [9.17, 15) is 4.39 Å². The molecule has 2 aromatic rings. The first kappa shape index (κ1) is 12.3. The predicted molar refractivity (Wildman–Crippen MR) is 69.7 cm³/mol. The van der Waals surface area contributed by atoms with Crippen LogP contribution in [-0.4, -0.2) is 17.0 Å². The lowest BCUT2D eigenvalue weighted by atomic mass is 10.1. The number of rotatable bonds is 3. The summed E-state index contributed by atoms with van der Waals surface area (Å²) in [5.41, 5.74) is 7.53. The van der Waals surface area contributed by atoms with E-state index in [0.717, 1.165) is 18.0 Å². The average Bonchev–Trinajstić information content (AvgIpc) is 2.38. The van der Waals surface area contributed by atoms with Crippen LogP contribution in [0.5, 0.6) is 0 Å². The minimum Gasteiger partial charge on any atom is -0.399 e. The average molecular weight is 246 g/mol. The molecule has 0 aliphatic carbocycles. The van der Waals surface area contributed by atoms with Gasteiger partial charge in [0.2, 0.25) is 5.95 Å². The molecule has 18 heavy (non-hydrogen) atoms. The highest BCUT2D eigenvalue weighted by Gasteiger charge is 2.14. The van der Waals surface area contributed by atoms with Crippen LogP contribution in [0.1, 0.15) is 18.5 Å². The number of nitrogens with zero attached hydrogens (tertiary/aromatic N) is 3. The minimum atomic E-state index is -0.441. The molecule has 2 N–H and O–H groups in total. The second-order valence-corrected chi connectivity index (χ2v) is 4.16. The van der Waals surface area contributed by atoms with Crippen LogP contribution in [0.3, 0.4) is 0 Å². The molecule has 2 rings (SSSR count). The Morgan fingerprint density at radius 3 is 2.56 bits per heavy atom. The van der Waals surface area contributed by atoms with Gasteiger partial charge >= 0.3 is 0 Å². The van der Waals surface area contributed by atoms with Crippen LogP contribution in [0.15, 0.2) is 36.7 Å². The Bertz CT molecular complexity index is 527. The number of hydrogen-bond acceptors (Lipinski definition) is 4. The van der Waals surface area contributed by atoms with Gasteiger partial charge in [-0.3, -0.25) is 0 Å². The third kappa shape index (κ3) is 2.56. The Balaban J connectivity index is 2.23. The molecule has 0 radical (unpaired) electrons. The highest BCUT2D eigenvalue weighted by atomic mass is 19.1. The third-order valence-electron chi connectivity index (χ3n) is 2.90. The van der Waals surface area contributed by atoms with Crippen molar-refractivity contribution in [3.8, 4) is 0 Å². The van der Waals surface area contributed by atoms with E-state index in [4.69, 9.17) is 5.73 Å². The van der Waals surface area contributed by atoms with Gasteiger partial charge in [-0.1, -0.05) is 12.1 Å². The van der Waals surface area contributed by atoms with Crippen LogP contribution >= 0.6 is 0 Å². The first-order chi connectivity index (χ1) is 8.58. The summed E-state index contributed by atoms with van der Waals surface area (Å²) in [5, 5.41) is 0. The van der Waals surface area contributed by atoms with E-state index in [-0.39, 0.29) is 6.04 Å². The van der Waals surface area contributed by atoms with Crippen LogP contribution in [0, 0.1) is 5.82 Å². The Kier molecular flexibility index (Phi) is 3.41. The largest absolute Gasteiger partial charge is 0.399 e. The van der Waals surface area contributed by atoms with Gasteiger partial charge in [-0.25, -0.2) is 14.4 Å². The number of anilines is 2. The number of halogens is 1. The maximum atomic E-state index is 12.8. The molecule has 5 heteroatoms. The molecule has 1 heterocycles. The van der Waals surface area contributed by atoms with E-state index in [0.29, 0.717) is 11.6 Å². The van der Waals surface area contributed by atoms with Crippen molar-refractivity contribution in [1.29, 1.82) is 0 Å². The lowest BCUT2D eigenvalue weighted by Gasteiger charge is -2.25. The zero-order valence-electron chi connectivity index (χ0n) is 10.3. The van der Waals surface area contributed by atoms with Crippen molar-refractivity contribution < 1.29 is 4.39 Å². The minimum absolute atomic E-state index is 0.0546. The van der Waals surface area contributed by atoms with Gasteiger partial charge in [-0.2, -0.15) is 0 Å². The van der Waals surface area contributed by atoms with Crippen molar-refractivity contribution in [2.75, 3.05) is 17.7 Å². The summed E-state index contributed by atoms with van der Waals surface area (Å²) in [6, 6.07) is 7.69. The normalized spacial score (nSPS) is 12.2. The molecule has 0 aliphatic heterocycles. The van der Waals surface area contributed by atoms with Gasteiger partial charge in [-0.15, -0.1) is 0 Å². The van der Waals surface area contributed by atoms with Crippen LogP contribution in [0.4, 0.5) is 16.0 Å². The van der Waals surface area contributed by atoms with Gasteiger partial charge in [0.1, 0.15) is 0 Å². The van der Waals surface area contributed by atoms with Crippen molar-refractivity contribution in [3.63, 3.8) is 0 Å². The van der Waals surface area contributed by atoms with Crippen molar-refractivity contribution >= 4 is 11.6 Å². The molecule has 0 saturated carbocycles. The van der Waals surface area contributed by atoms with Crippen LogP contribution in [0.2, 0.25) is 0 Å². The Morgan fingerprint density at radius 2 is 1.94 bits per heavy atom. The standard InChI is InChI=1S/C13H15FN4/c1-9(10-4-3-5-12(15)6-10)18(2)13-16-7-11(14)8-17-13/h3-9H,15H2,1-2H3. The lowest BCUT2D eigenvalue weighted by Crippen LogP contribution is -2.23. The molecule has 0 bridgehead atoms. The molecule has 1 aromatic carbocycles. The predicted octanol–water partition coefficient (Wildman–Crippen LogP) is 2.40. The highest BCUT2D eigenvalue weighted by molar-refractivity contribution is 5.44. The van der Waals surface area contributed by atoms with Crippen LogP contribution < -0.4 is 10.6 Å². The Morgan fingerprint density at radius 1 is 1.28 bits per heavy atom. The topological polar surface area (TPSA) is 55.0 Å². The van der Waals surface area contributed by atoms with E-state index in [1.165, 1.54) is 0 Å². The molecule has 0 aliphatic rings. The van der Waals surface area contributed by atoms with Gasteiger partial charge in [0.05, 0.1) is 18.4 Å². The van der Waals surface area contributed by atoms with Crippen LogP contribution in [-0.2, 0) is 0 Å². The van der Waals surface area contributed by atoms with E-state index in [1.807, 2.05) is 43.1 Å². The number of nitrogens with two attached hydrogens (primary N) is 1. The number of nitrogen functional groups attached to an aromatic ring is 1. The van der Waals surface area contributed by atoms with Gasteiger partial charge in [0.25, 0.3) is 0 Å². The fourth-order valence-electron chi connectivity index (χ4n) is 1.70. The van der Waals surface area contributed by atoms with E-state index >= 15 is 0 Å². The molecule has 0 amide bonds. The number of aromatic nitrogens is 2. The van der Waals surface area contributed by atoms with E-state index < -0.39 is 5.82 Å². The Labute approximate surface area is 105 Å². The van der Waals surface area contributed by atoms with E-state index in [2.05, 4.69) is 9.97 Å². The summed E-state index contributed by atoms with van der Waals surface area (Å²) in [6.07, 6.45) is 2.32. The summed E-state index contributed by atoms with van der Waals surface area (Å²) < 4.78 is 12.8. The molecular weight excluding hydrogens is 231 g/mol. The number of benzene rings is 1. The van der Waals surface area contributed by atoms with Crippen molar-refractivity contribution in [3.05, 3.63) is 48.0 Å². The van der Waals surface area contributed by atoms with Crippen molar-refractivity contribution in [2.45, 2.75) is 13.0 Å². The van der Waals surface area contributed by atoms with Gasteiger partial charge in [0, 0.05) is 12.7 Å². The molecule has 0 fully saturated rings. The van der Waals surface area contributed by atoms with Gasteiger partial charge in [0.15, 0.2) is 5.82 Å². The summed E-state index contributed by atoms with van der Waals surface area (Å²) >= 11 is 0. The maximum absolute atomic E-state index is 12.8. The summed E-state index contributed by atoms with van der Waals surface area (Å²) in [7, 11) is 1.86. The fraction of sp³-hybridized carbons (Fsp3) is 0.231. The summed E-state index contributed by atoms with van der Waals surface area (Å²) in [4.78, 5) is 9.78. The molecule has 4 nitrogen and oxygen atoms in total. The molecule has 1 unspecified atom stereocenters. The SMILES string of the molecule is CC(c1cccc(N)c1)N(C)c1ncc(F)cn1. The third-order valence-corrected chi connectivity index (χ3v) is 2.90. The second-order valence-electron chi connectivity index (χ2n) is 4.16.